The molecule has 4 N–H and O–H groups in total. The van der Waals surface area contributed by atoms with Gasteiger partial charge in [-0.05, 0) is 24.1 Å². The van der Waals surface area contributed by atoms with Gasteiger partial charge in [0.05, 0.1) is 6.61 Å². The summed E-state index contributed by atoms with van der Waals surface area (Å²) >= 11 is 0. The van der Waals surface area contributed by atoms with Crippen molar-refractivity contribution in [1.82, 2.24) is 0 Å². The maximum Gasteiger partial charge on any atom is 0.397 e. The standard InChI is InChI=1S/C18H20O11S/c1-2-3-9-6-14(19)28-12-7-10(4-5-11(9)12)27-18-17(22)16(21)15(20)13(29-18)8-26-30(23,24)25/h2,4-7,13,15-18,20-22H,1,3,8H2,(H,23,24,25)/t13-,15+,16+,17-,18-/m1/s1. The van der Waals surface area contributed by atoms with Crippen LogP contribution in [0, 0.1) is 0 Å². The van der Waals surface area contributed by atoms with Crippen LogP contribution in [0.1, 0.15) is 5.56 Å². The average Bonchev–Trinajstić information content (AvgIpc) is 2.66. The molecule has 0 radical (unpaired) electrons. The second-order valence-corrected chi connectivity index (χ2v) is 7.68. The van der Waals surface area contributed by atoms with E-state index in [1.807, 2.05) is 0 Å². The summed E-state index contributed by atoms with van der Waals surface area (Å²) in [7, 11) is -4.82. The highest BCUT2D eigenvalue weighted by atomic mass is 32.3. The molecule has 164 valence electrons. The molecule has 0 aliphatic carbocycles. The molecule has 0 amide bonds. The van der Waals surface area contributed by atoms with Crippen molar-refractivity contribution in [3.8, 4) is 5.75 Å². The van der Waals surface area contributed by atoms with E-state index in [-0.39, 0.29) is 11.3 Å². The largest absolute Gasteiger partial charge is 0.462 e. The molecule has 1 fully saturated rings. The molecule has 12 heteroatoms. The van der Waals surface area contributed by atoms with Crippen LogP contribution in [-0.2, 0) is 25.7 Å². The number of allylic oxidation sites excluding steroid dienone is 1. The number of aliphatic hydroxyl groups is 3. The van der Waals surface area contributed by atoms with E-state index in [0.29, 0.717) is 17.4 Å². The third-order valence-corrected chi connectivity index (χ3v) is 4.90. The Balaban J connectivity index is 1.83. The van der Waals surface area contributed by atoms with Crippen molar-refractivity contribution in [2.24, 2.45) is 0 Å². The maximum absolute atomic E-state index is 11.8. The summed E-state index contributed by atoms with van der Waals surface area (Å²) < 4.78 is 50.3. The summed E-state index contributed by atoms with van der Waals surface area (Å²) in [5.41, 5.74) is 0.318. The molecule has 2 aromatic rings. The summed E-state index contributed by atoms with van der Waals surface area (Å²) in [6.07, 6.45) is -6.06. The molecule has 3 rings (SSSR count). The molecular weight excluding hydrogens is 424 g/mol. The molecule has 5 atom stereocenters. The first-order valence-electron chi connectivity index (χ1n) is 8.75. The number of rotatable bonds is 7. The first kappa shape index (κ1) is 22.4. The molecule has 0 saturated carbocycles. The van der Waals surface area contributed by atoms with Crippen LogP contribution in [0.4, 0.5) is 0 Å². The molecule has 0 bridgehead atoms. The van der Waals surface area contributed by atoms with Crippen LogP contribution in [0.25, 0.3) is 11.0 Å². The van der Waals surface area contributed by atoms with Gasteiger partial charge in [-0.15, -0.1) is 6.58 Å². The fraction of sp³-hybridized carbons (Fsp3) is 0.389. The SMILES string of the molecule is C=CCc1cc(=O)oc2cc(O[C@@H]3O[C@H](COS(=O)(=O)O)[C@H](O)[C@H](O)[C@H]3O)ccc12. The van der Waals surface area contributed by atoms with E-state index >= 15 is 0 Å². The Hall–Kier alpha value is -2.32. The van der Waals surface area contributed by atoms with E-state index in [2.05, 4.69) is 10.8 Å². The zero-order valence-electron chi connectivity index (χ0n) is 15.4. The molecule has 30 heavy (non-hydrogen) atoms. The third kappa shape index (κ3) is 5.05. The number of hydrogen-bond donors (Lipinski definition) is 4. The highest BCUT2D eigenvalue weighted by Crippen LogP contribution is 2.28. The number of ether oxygens (including phenoxy) is 2. The van der Waals surface area contributed by atoms with Crippen LogP contribution in [0.5, 0.6) is 5.75 Å². The van der Waals surface area contributed by atoms with Crippen molar-refractivity contribution in [1.29, 1.82) is 0 Å². The summed E-state index contributed by atoms with van der Waals surface area (Å²) in [6, 6.07) is 5.84. The van der Waals surface area contributed by atoms with Crippen molar-refractivity contribution in [2.75, 3.05) is 6.61 Å². The number of aliphatic hydroxyl groups excluding tert-OH is 3. The topological polar surface area (TPSA) is 173 Å². The van der Waals surface area contributed by atoms with Gasteiger partial charge in [0.1, 0.15) is 35.7 Å². The van der Waals surface area contributed by atoms with Gasteiger partial charge in [-0.3, -0.25) is 4.55 Å². The highest BCUT2D eigenvalue weighted by Gasteiger charge is 2.45. The predicted molar refractivity (Wildman–Crippen MR) is 101 cm³/mol. The Labute approximate surface area is 170 Å². The van der Waals surface area contributed by atoms with E-state index in [1.54, 1.807) is 12.1 Å². The van der Waals surface area contributed by atoms with Gasteiger partial charge in [0.2, 0.25) is 6.29 Å². The molecule has 0 unspecified atom stereocenters. The Bertz CT molecular complexity index is 1080. The average molecular weight is 444 g/mol. The lowest BCUT2D eigenvalue weighted by Gasteiger charge is -2.39. The zero-order chi connectivity index (χ0) is 22.1. The van der Waals surface area contributed by atoms with Gasteiger partial charge in [-0.25, -0.2) is 8.98 Å². The molecule has 1 aliphatic heterocycles. The number of fused-ring (bicyclic) bond motifs is 1. The molecule has 0 spiro atoms. The Morgan fingerprint density at radius 2 is 1.87 bits per heavy atom. The van der Waals surface area contributed by atoms with Gasteiger partial charge >= 0.3 is 16.0 Å². The smallest absolute Gasteiger partial charge is 0.397 e. The first-order valence-corrected chi connectivity index (χ1v) is 10.1. The molecule has 2 heterocycles. The van der Waals surface area contributed by atoms with E-state index in [4.69, 9.17) is 18.4 Å². The minimum atomic E-state index is -4.82. The van der Waals surface area contributed by atoms with Crippen LogP contribution in [-0.4, -0.2) is 65.6 Å². The van der Waals surface area contributed by atoms with Crippen LogP contribution in [0.3, 0.4) is 0 Å². The number of hydrogen-bond acceptors (Lipinski definition) is 10. The van der Waals surface area contributed by atoms with E-state index < -0.39 is 53.3 Å². The summed E-state index contributed by atoms with van der Waals surface area (Å²) in [4.78, 5) is 11.8. The second-order valence-electron chi connectivity index (χ2n) is 6.59. The van der Waals surface area contributed by atoms with Crippen LogP contribution in [0.2, 0.25) is 0 Å². The fourth-order valence-electron chi connectivity index (χ4n) is 3.05. The van der Waals surface area contributed by atoms with Crippen molar-refractivity contribution in [3.63, 3.8) is 0 Å². The van der Waals surface area contributed by atoms with Gasteiger partial charge in [0.25, 0.3) is 0 Å². The molecule has 1 aliphatic rings. The van der Waals surface area contributed by atoms with Crippen molar-refractivity contribution >= 4 is 21.4 Å². The monoisotopic (exact) mass is 444 g/mol. The van der Waals surface area contributed by atoms with Crippen LogP contribution in [0.15, 0.2) is 46.1 Å². The van der Waals surface area contributed by atoms with Crippen molar-refractivity contribution in [2.45, 2.75) is 37.1 Å². The Morgan fingerprint density at radius 1 is 1.13 bits per heavy atom. The summed E-state index contributed by atoms with van der Waals surface area (Å²) in [5, 5.41) is 30.7. The first-order chi connectivity index (χ1) is 14.1. The minimum absolute atomic E-state index is 0.100. The zero-order valence-corrected chi connectivity index (χ0v) is 16.3. The number of benzene rings is 1. The summed E-state index contributed by atoms with van der Waals surface area (Å²) in [5.74, 6) is 0.100. The summed E-state index contributed by atoms with van der Waals surface area (Å²) in [6.45, 7) is 2.80. The highest BCUT2D eigenvalue weighted by molar-refractivity contribution is 7.80. The molecular formula is C18H20O11S. The van der Waals surface area contributed by atoms with Gasteiger partial charge in [-0.2, -0.15) is 8.42 Å². The van der Waals surface area contributed by atoms with Crippen molar-refractivity contribution < 1.29 is 46.4 Å². The maximum atomic E-state index is 11.8. The third-order valence-electron chi connectivity index (χ3n) is 4.47. The predicted octanol–water partition coefficient (Wildman–Crippen LogP) is -0.473. The van der Waals surface area contributed by atoms with E-state index in [0.717, 1.165) is 0 Å². The Morgan fingerprint density at radius 3 is 2.53 bits per heavy atom. The molecule has 1 aromatic carbocycles. The molecule has 11 nitrogen and oxygen atoms in total. The fourth-order valence-corrected chi connectivity index (χ4v) is 3.35. The quantitative estimate of drug-likeness (QED) is 0.247. The van der Waals surface area contributed by atoms with Gasteiger partial charge in [0.15, 0.2) is 0 Å². The van der Waals surface area contributed by atoms with Gasteiger partial charge in [-0.1, -0.05) is 6.08 Å². The lowest BCUT2D eigenvalue weighted by Crippen LogP contribution is -2.60. The van der Waals surface area contributed by atoms with Crippen LogP contribution >= 0.6 is 0 Å². The second kappa shape index (κ2) is 8.81. The minimum Gasteiger partial charge on any atom is -0.462 e. The normalized spacial score (nSPS) is 27.1. The van der Waals surface area contributed by atoms with E-state index in [1.165, 1.54) is 18.2 Å². The van der Waals surface area contributed by atoms with Gasteiger partial charge < -0.3 is 29.2 Å². The van der Waals surface area contributed by atoms with Crippen LogP contribution < -0.4 is 10.4 Å². The lowest BCUT2D eigenvalue weighted by atomic mass is 9.99. The van der Waals surface area contributed by atoms with Crippen molar-refractivity contribution in [3.05, 3.63) is 52.9 Å². The Kier molecular flexibility index (Phi) is 6.57. The molecule has 1 aromatic heterocycles. The van der Waals surface area contributed by atoms with E-state index in [9.17, 15) is 28.5 Å². The molecule has 1 saturated heterocycles. The lowest BCUT2D eigenvalue weighted by molar-refractivity contribution is -0.276. The van der Waals surface area contributed by atoms with Gasteiger partial charge in [0, 0.05) is 17.5 Å².